The van der Waals surface area contributed by atoms with Gasteiger partial charge in [-0.3, -0.25) is 14.5 Å². The zero-order chi connectivity index (χ0) is 43.2. The Balaban J connectivity index is 2.26. The Bertz CT molecular complexity index is 1520. The number of unbranched alkanes of at least 4 members (excludes halogenated alkanes) is 1. The summed E-state index contributed by atoms with van der Waals surface area (Å²) in [5, 5.41) is 0. The molecule has 1 aromatic rings. The van der Waals surface area contributed by atoms with Gasteiger partial charge in [0.25, 0.3) is 0 Å². The van der Waals surface area contributed by atoms with Crippen molar-refractivity contribution in [3.63, 3.8) is 0 Å². The number of alkyl halides is 13. The zero-order valence-electron chi connectivity index (χ0n) is 31.7. The Kier molecular flexibility index (Phi) is 13.6. The smallest absolute Gasteiger partial charge is 0.460 e. The number of carbonyl (C=O) groups is 3. The maximum atomic E-state index is 14.4. The molecule has 1 aliphatic heterocycles. The summed E-state index contributed by atoms with van der Waals surface area (Å²) in [6, 6.07) is 6.58. The molecule has 6 nitrogen and oxygen atoms in total. The number of amides is 2. The van der Waals surface area contributed by atoms with Gasteiger partial charge in [-0.2, -0.15) is 57.1 Å². The van der Waals surface area contributed by atoms with Crippen LogP contribution in [-0.4, -0.2) is 77.2 Å². The van der Waals surface area contributed by atoms with Crippen molar-refractivity contribution in [3.05, 3.63) is 29.8 Å². The molecule has 1 fully saturated rings. The van der Waals surface area contributed by atoms with Gasteiger partial charge in [0.15, 0.2) is 6.61 Å². The van der Waals surface area contributed by atoms with E-state index in [1.54, 1.807) is 65.8 Å². The van der Waals surface area contributed by atoms with Crippen molar-refractivity contribution < 1.29 is 80.9 Å². The molecular weight excluding hydrogens is 773 g/mol. The van der Waals surface area contributed by atoms with Gasteiger partial charge in [0.05, 0.1) is 11.8 Å². The minimum atomic E-state index is -7.99. The fourth-order valence-corrected chi connectivity index (χ4v) is 6.35. The molecule has 3 atom stereocenters. The number of ether oxygens (including phenoxy) is 2. The molecule has 3 unspecified atom stereocenters. The Morgan fingerprint density at radius 2 is 1.18 bits per heavy atom. The van der Waals surface area contributed by atoms with Crippen LogP contribution in [0.5, 0.6) is 5.75 Å². The van der Waals surface area contributed by atoms with Crippen molar-refractivity contribution in [1.29, 1.82) is 0 Å². The highest BCUT2D eigenvalue weighted by Gasteiger charge is 2.90. The van der Waals surface area contributed by atoms with Gasteiger partial charge in [0.1, 0.15) is 11.4 Å². The van der Waals surface area contributed by atoms with Crippen molar-refractivity contribution in [3.8, 4) is 5.75 Å². The predicted octanol–water partition coefficient (Wildman–Crippen LogP) is 10.5. The summed E-state index contributed by atoms with van der Waals surface area (Å²) in [6.45, 7) is 14.6. The summed E-state index contributed by atoms with van der Waals surface area (Å²) in [5.41, 5.74) is -1.44. The second-order valence-corrected chi connectivity index (χ2v) is 16.8. The summed E-state index contributed by atoms with van der Waals surface area (Å²) < 4.78 is 186. The molecule has 316 valence electrons. The van der Waals surface area contributed by atoms with E-state index in [1.807, 2.05) is 20.8 Å². The highest BCUT2D eigenvalue weighted by atomic mass is 19.4. The molecule has 19 heteroatoms. The van der Waals surface area contributed by atoms with E-state index in [0.717, 1.165) is 0 Å². The van der Waals surface area contributed by atoms with Crippen LogP contribution in [0, 0.1) is 22.7 Å². The van der Waals surface area contributed by atoms with Crippen molar-refractivity contribution in [2.24, 2.45) is 22.7 Å². The lowest BCUT2D eigenvalue weighted by atomic mass is 9.66. The van der Waals surface area contributed by atoms with E-state index < -0.39 is 114 Å². The molecule has 2 rings (SSSR count). The lowest BCUT2D eigenvalue weighted by Gasteiger charge is -2.39. The minimum absolute atomic E-state index is 0.0702. The lowest BCUT2D eigenvalue weighted by molar-refractivity contribution is -0.440. The molecule has 1 heterocycles. The van der Waals surface area contributed by atoms with Gasteiger partial charge in [-0.05, 0) is 74.5 Å². The topological polar surface area (TPSA) is 72.9 Å². The Labute approximate surface area is 310 Å². The first-order valence-electron chi connectivity index (χ1n) is 17.1. The number of imide groups is 1. The van der Waals surface area contributed by atoms with Gasteiger partial charge in [-0.15, -0.1) is 0 Å². The van der Waals surface area contributed by atoms with Crippen molar-refractivity contribution in [2.45, 2.75) is 135 Å². The second-order valence-electron chi connectivity index (χ2n) is 16.8. The standard InChI is InChI=1S/C36H46F13NO5/c1-28(2,3)23(20-12-14-21(15-13-20)54-19-24(51)55-30(7,8)9)18-22-25(29(4,5)6)27(53)50(26(22)52)17-11-10-16-31(37,38)32(39,40)33(41,42)34(43,44)35(45,46)36(47,48)49/h12-15,22-23,25H,10-11,16-19H2,1-9H3. The molecule has 2 amide bonds. The summed E-state index contributed by atoms with van der Waals surface area (Å²) >= 11 is 0. The molecule has 1 aromatic carbocycles. The number of hydrogen-bond acceptors (Lipinski definition) is 5. The van der Waals surface area contributed by atoms with E-state index in [-0.39, 0.29) is 13.0 Å². The Morgan fingerprint density at radius 1 is 0.691 bits per heavy atom. The number of likely N-dealkylation sites (tertiary alicyclic amines) is 1. The van der Waals surface area contributed by atoms with E-state index >= 15 is 0 Å². The number of rotatable bonds is 15. The molecule has 0 spiro atoms. The molecular formula is C36H46F13NO5. The molecule has 0 bridgehead atoms. The predicted molar refractivity (Wildman–Crippen MR) is 172 cm³/mol. The monoisotopic (exact) mass is 819 g/mol. The van der Waals surface area contributed by atoms with Gasteiger partial charge in [0, 0.05) is 13.0 Å². The molecule has 0 aliphatic carbocycles. The third-order valence-corrected chi connectivity index (χ3v) is 9.17. The zero-order valence-corrected chi connectivity index (χ0v) is 31.7. The van der Waals surface area contributed by atoms with Gasteiger partial charge < -0.3 is 9.47 Å². The van der Waals surface area contributed by atoms with E-state index in [1.165, 1.54) is 0 Å². The van der Waals surface area contributed by atoms with Crippen LogP contribution in [0.25, 0.3) is 0 Å². The Morgan fingerprint density at radius 3 is 1.62 bits per heavy atom. The van der Waals surface area contributed by atoms with E-state index in [0.29, 0.717) is 16.2 Å². The number of halogens is 13. The normalized spacial score (nSPS) is 19.2. The van der Waals surface area contributed by atoms with Crippen LogP contribution in [0.4, 0.5) is 57.1 Å². The Hall–Kier alpha value is -3.28. The molecule has 0 radical (unpaired) electrons. The number of carbonyl (C=O) groups excluding carboxylic acids is 3. The molecule has 0 N–H and O–H groups in total. The van der Waals surface area contributed by atoms with E-state index in [9.17, 15) is 71.5 Å². The van der Waals surface area contributed by atoms with Gasteiger partial charge in [-0.1, -0.05) is 53.7 Å². The van der Waals surface area contributed by atoms with Crippen LogP contribution in [0.1, 0.15) is 99.5 Å². The maximum Gasteiger partial charge on any atom is 0.460 e. The van der Waals surface area contributed by atoms with Gasteiger partial charge >= 0.3 is 41.8 Å². The van der Waals surface area contributed by atoms with E-state index in [2.05, 4.69) is 0 Å². The molecule has 0 saturated carbocycles. The fourth-order valence-electron chi connectivity index (χ4n) is 6.35. The van der Waals surface area contributed by atoms with Crippen LogP contribution in [0.3, 0.4) is 0 Å². The van der Waals surface area contributed by atoms with Crippen molar-refractivity contribution >= 4 is 17.8 Å². The van der Waals surface area contributed by atoms with E-state index in [4.69, 9.17) is 9.47 Å². The van der Waals surface area contributed by atoms with Crippen molar-refractivity contribution in [2.75, 3.05) is 13.2 Å². The number of nitrogens with zero attached hydrogens (tertiary/aromatic N) is 1. The van der Waals surface area contributed by atoms with Crippen LogP contribution >= 0.6 is 0 Å². The van der Waals surface area contributed by atoms with Gasteiger partial charge in [0.2, 0.25) is 11.8 Å². The number of esters is 1. The average Bonchev–Trinajstić information content (AvgIpc) is 3.23. The van der Waals surface area contributed by atoms with Crippen LogP contribution in [0.15, 0.2) is 24.3 Å². The fraction of sp³-hybridized carbons (Fsp3) is 0.750. The first-order valence-corrected chi connectivity index (χ1v) is 17.1. The summed E-state index contributed by atoms with van der Waals surface area (Å²) in [4.78, 5) is 40.1. The highest BCUT2D eigenvalue weighted by molar-refractivity contribution is 6.05. The lowest BCUT2D eigenvalue weighted by Crippen LogP contribution is -2.70. The first-order chi connectivity index (χ1) is 24.3. The number of hydrogen-bond donors (Lipinski definition) is 0. The van der Waals surface area contributed by atoms with Crippen LogP contribution in [-0.2, 0) is 19.1 Å². The highest BCUT2D eigenvalue weighted by Crippen LogP contribution is 2.61. The van der Waals surface area contributed by atoms with Crippen molar-refractivity contribution in [1.82, 2.24) is 4.90 Å². The third kappa shape index (κ3) is 10.0. The minimum Gasteiger partial charge on any atom is -0.482 e. The third-order valence-electron chi connectivity index (χ3n) is 9.17. The summed E-state index contributed by atoms with van der Waals surface area (Å²) in [6.07, 6.45) is -11.9. The summed E-state index contributed by atoms with van der Waals surface area (Å²) in [5.74, 6) is -41.6. The second kappa shape index (κ2) is 15.6. The quantitative estimate of drug-likeness (QED) is 0.0763. The molecule has 0 aromatic heterocycles. The molecule has 55 heavy (non-hydrogen) atoms. The van der Waals surface area contributed by atoms with Gasteiger partial charge in [-0.25, -0.2) is 4.79 Å². The SMILES string of the molecule is CC(C)(C)OC(=O)COc1ccc(C(CC2C(=O)N(CCCCC(F)(F)C(F)(F)C(F)(F)C(F)(F)C(F)(F)C(F)(F)F)C(=O)C2C(C)(C)C)C(C)(C)C)cc1. The molecule has 1 saturated heterocycles. The maximum absolute atomic E-state index is 14.4. The largest absolute Gasteiger partial charge is 0.482 e. The van der Waals surface area contributed by atoms with Crippen LogP contribution in [0.2, 0.25) is 0 Å². The molecule has 1 aliphatic rings. The number of benzene rings is 1. The van der Waals surface area contributed by atoms with Crippen LogP contribution < -0.4 is 4.74 Å². The summed E-state index contributed by atoms with van der Waals surface area (Å²) in [7, 11) is 0. The average molecular weight is 820 g/mol. The first kappa shape index (κ1) is 47.9.